The summed E-state index contributed by atoms with van der Waals surface area (Å²) in [5, 5.41) is 0. The summed E-state index contributed by atoms with van der Waals surface area (Å²) in [6.45, 7) is 5.44. The third-order valence-corrected chi connectivity index (χ3v) is 0.936. The molecule has 13 heavy (non-hydrogen) atoms. The first-order valence-corrected chi connectivity index (χ1v) is 4.25. The Hall–Kier alpha value is -1.44. The Kier molecular flexibility index (Phi) is 14.3. The minimum absolute atomic E-state index is 0.729. The van der Waals surface area contributed by atoms with Gasteiger partial charge in [0.2, 0.25) is 0 Å². The van der Waals surface area contributed by atoms with Gasteiger partial charge in [-0.2, -0.15) is 0 Å². The van der Waals surface area contributed by atoms with E-state index >= 15 is 0 Å². The molecule has 0 fully saturated rings. The summed E-state index contributed by atoms with van der Waals surface area (Å²) >= 11 is 0. The standard InChI is InChI=1S/C7H6O.C2H4O.C2H6/c8-6-7-4-2-1-3-5-7;1-2-3;1-2/h1-6H;2H,1H3;1-2H3. The van der Waals surface area contributed by atoms with Crippen molar-refractivity contribution in [3.63, 3.8) is 0 Å². The molecule has 72 valence electrons. The maximum Gasteiger partial charge on any atom is 0.150 e. The molecule has 1 rings (SSSR count). The molecule has 0 aliphatic rings. The van der Waals surface area contributed by atoms with Gasteiger partial charge in [-0.25, -0.2) is 0 Å². The molecule has 0 spiro atoms. The van der Waals surface area contributed by atoms with Crippen LogP contribution >= 0.6 is 0 Å². The lowest BCUT2D eigenvalue weighted by atomic mass is 10.2. The summed E-state index contributed by atoms with van der Waals surface area (Å²) in [4.78, 5) is 18.8. The van der Waals surface area contributed by atoms with Gasteiger partial charge in [0.25, 0.3) is 0 Å². The van der Waals surface area contributed by atoms with Gasteiger partial charge in [0, 0.05) is 5.56 Å². The quantitative estimate of drug-likeness (QED) is 0.623. The molecule has 0 aliphatic heterocycles. The SMILES string of the molecule is CC.CC=O.O=Cc1ccccc1. The molecule has 0 bridgehead atoms. The number of rotatable bonds is 1. The second-order valence-electron chi connectivity index (χ2n) is 1.76. The van der Waals surface area contributed by atoms with Gasteiger partial charge in [-0.1, -0.05) is 44.2 Å². The zero-order valence-corrected chi connectivity index (χ0v) is 8.36. The van der Waals surface area contributed by atoms with E-state index in [1.165, 1.54) is 6.92 Å². The van der Waals surface area contributed by atoms with Gasteiger partial charge < -0.3 is 4.79 Å². The Balaban J connectivity index is 0. The van der Waals surface area contributed by atoms with Crippen molar-refractivity contribution in [2.75, 3.05) is 0 Å². The Bertz CT molecular complexity index is 205. The highest BCUT2D eigenvalue weighted by Gasteiger charge is 1.79. The van der Waals surface area contributed by atoms with E-state index in [0.29, 0.717) is 0 Å². The van der Waals surface area contributed by atoms with Crippen molar-refractivity contribution in [1.29, 1.82) is 0 Å². The van der Waals surface area contributed by atoms with Crippen LogP contribution in [0.4, 0.5) is 0 Å². The topological polar surface area (TPSA) is 34.1 Å². The lowest BCUT2D eigenvalue weighted by Gasteiger charge is -1.81. The molecule has 0 N–H and O–H groups in total. The van der Waals surface area contributed by atoms with Crippen LogP contribution in [0.3, 0.4) is 0 Å². The van der Waals surface area contributed by atoms with E-state index in [0.717, 1.165) is 18.1 Å². The third kappa shape index (κ3) is 10.6. The van der Waals surface area contributed by atoms with Crippen LogP contribution in [0.5, 0.6) is 0 Å². The summed E-state index contributed by atoms with van der Waals surface area (Å²) in [6, 6.07) is 9.10. The molecule has 0 aliphatic carbocycles. The highest BCUT2D eigenvalue weighted by molar-refractivity contribution is 5.74. The fourth-order valence-electron chi connectivity index (χ4n) is 0.532. The molecular weight excluding hydrogens is 164 g/mol. The molecule has 0 unspecified atom stereocenters. The van der Waals surface area contributed by atoms with Gasteiger partial charge >= 0.3 is 0 Å². The van der Waals surface area contributed by atoms with Crippen molar-refractivity contribution in [2.45, 2.75) is 20.8 Å². The van der Waals surface area contributed by atoms with Crippen LogP contribution in [-0.2, 0) is 4.79 Å². The van der Waals surface area contributed by atoms with E-state index in [1.54, 1.807) is 12.1 Å². The predicted octanol–water partition coefficient (Wildman–Crippen LogP) is 2.73. The number of hydrogen-bond donors (Lipinski definition) is 0. The van der Waals surface area contributed by atoms with E-state index in [9.17, 15) is 4.79 Å². The third-order valence-electron chi connectivity index (χ3n) is 0.936. The van der Waals surface area contributed by atoms with Crippen LogP contribution < -0.4 is 0 Å². The largest absolute Gasteiger partial charge is 0.304 e. The molecule has 0 saturated heterocycles. The Morgan fingerprint density at radius 3 is 1.62 bits per heavy atom. The minimum atomic E-state index is 0.729. The van der Waals surface area contributed by atoms with Gasteiger partial charge in [-0.3, -0.25) is 4.79 Å². The number of carbonyl (C=O) groups is 2. The fraction of sp³-hybridized carbons (Fsp3) is 0.273. The Morgan fingerprint density at radius 1 is 1.00 bits per heavy atom. The molecule has 1 aromatic rings. The summed E-state index contributed by atoms with van der Waals surface area (Å²) in [6.07, 6.45) is 1.58. The predicted molar refractivity (Wildman–Crippen MR) is 54.9 cm³/mol. The van der Waals surface area contributed by atoms with Crippen molar-refractivity contribution >= 4 is 12.6 Å². The molecule has 2 heteroatoms. The first-order chi connectivity index (χ1) is 6.35. The average Bonchev–Trinajstić information content (AvgIpc) is 2.23. The zero-order valence-electron chi connectivity index (χ0n) is 8.36. The maximum absolute atomic E-state index is 10.0. The molecule has 0 radical (unpaired) electrons. The Labute approximate surface area is 79.6 Å². The monoisotopic (exact) mass is 180 g/mol. The number of benzene rings is 1. The molecule has 1 aromatic carbocycles. The lowest BCUT2D eigenvalue weighted by molar-refractivity contribution is -0.106. The van der Waals surface area contributed by atoms with Crippen LogP contribution in [0.2, 0.25) is 0 Å². The number of carbonyl (C=O) groups excluding carboxylic acids is 2. The summed E-state index contributed by atoms with van der Waals surface area (Å²) in [5.41, 5.74) is 0.729. The van der Waals surface area contributed by atoms with Crippen molar-refractivity contribution in [3.8, 4) is 0 Å². The molecule has 0 atom stereocenters. The fourth-order valence-corrected chi connectivity index (χ4v) is 0.532. The Morgan fingerprint density at radius 2 is 1.38 bits per heavy atom. The van der Waals surface area contributed by atoms with Gasteiger partial charge in [-0.05, 0) is 6.92 Å². The molecule has 2 nitrogen and oxygen atoms in total. The molecule has 0 aromatic heterocycles. The number of hydrogen-bond acceptors (Lipinski definition) is 2. The summed E-state index contributed by atoms with van der Waals surface area (Å²) in [5.74, 6) is 0. The van der Waals surface area contributed by atoms with E-state index in [-0.39, 0.29) is 0 Å². The van der Waals surface area contributed by atoms with Gasteiger partial charge in [0.15, 0.2) is 0 Å². The van der Waals surface area contributed by atoms with E-state index in [1.807, 2.05) is 32.0 Å². The van der Waals surface area contributed by atoms with Gasteiger partial charge in [-0.15, -0.1) is 0 Å². The van der Waals surface area contributed by atoms with E-state index in [4.69, 9.17) is 4.79 Å². The van der Waals surface area contributed by atoms with Crippen LogP contribution in [0.1, 0.15) is 31.1 Å². The lowest BCUT2D eigenvalue weighted by Crippen LogP contribution is -1.73. The zero-order chi connectivity index (χ0) is 10.5. The minimum Gasteiger partial charge on any atom is -0.304 e. The van der Waals surface area contributed by atoms with E-state index < -0.39 is 0 Å². The second-order valence-corrected chi connectivity index (χ2v) is 1.76. The van der Waals surface area contributed by atoms with Gasteiger partial charge in [0.1, 0.15) is 12.6 Å². The van der Waals surface area contributed by atoms with Crippen LogP contribution in [-0.4, -0.2) is 12.6 Å². The summed E-state index contributed by atoms with van der Waals surface area (Å²) < 4.78 is 0. The average molecular weight is 180 g/mol. The van der Waals surface area contributed by atoms with Crippen LogP contribution in [0.25, 0.3) is 0 Å². The first kappa shape index (κ1) is 14.1. The second kappa shape index (κ2) is 13.2. The molecule has 0 amide bonds. The summed E-state index contributed by atoms with van der Waals surface area (Å²) in [7, 11) is 0. The highest BCUT2D eigenvalue weighted by Crippen LogP contribution is 1.91. The van der Waals surface area contributed by atoms with Crippen LogP contribution in [0.15, 0.2) is 30.3 Å². The van der Waals surface area contributed by atoms with Crippen molar-refractivity contribution in [2.24, 2.45) is 0 Å². The maximum atomic E-state index is 10.0. The number of aldehydes is 2. The normalized spacial score (nSPS) is 6.69. The molecule has 0 saturated carbocycles. The van der Waals surface area contributed by atoms with E-state index in [2.05, 4.69) is 0 Å². The van der Waals surface area contributed by atoms with Crippen molar-refractivity contribution in [3.05, 3.63) is 35.9 Å². The molecule has 0 heterocycles. The van der Waals surface area contributed by atoms with Gasteiger partial charge in [0.05, 0.1) is 0 Å². The highest BCUT2D eigenvalue weighted by atomic mass is 16.1. The van der Waals surface area contributed by atoms with Crippen LogP contribution in [0, 0.1) is 0 Å². The van der Waals surface area contributed by atoms with Crippen molar-refractivity contribution < 1.29 is 9.59 Å². The van der Waals surface area contributed by atoms with Crippen molar-refractivity contribution in [1.82, 2.24) is 0 Å². The first-order valence-electron chi connectivity index (χ1n) is 4.25. The smallest absolute Gasteiger partial charge is 0.150 e. The molecular formula is C11H16O2.